The molecule has 0 spiro atoms. The first-order chi connectivity index (χ1) is 16.7. The Bertz CT molecular complexity index is 1440. The van der Waals surface area contributed by atoms with Crippen molar-refractivity contribution in [3.05, 3.63) is 83.9 Å². The monoisotopic (exact) mass is 493 g/mol. The summed E-state index contributed by atoms with van der Waals surface area (Å²) in [5.74, 6) is -1.09. The molecule has 7 nitrogen and oxygen atoms in total. The van der Waals surface area contributed by atoms with Crippen LogP contribution in [0.4, 0.5) is 0 Å². The molecular formula is C27H27NO6S. The van der Waals surface area contributed by atoms with Crippen molar-refractivity contribution in [2.75, 3.05) is 0 Å². The number of aliphatic carboxylic acids is 1. The van der Waals surface area contributed by atoms with Crippen LogP contribution in [0.25, 0.3) is 22.1 Å². The number of hydrogen-bond donors (Lipinski definition) is 2. The van der Waals surface area contributed by atoms with Gasteiger partial charge in [0.25, 0.3) is 5.95 Å². The van der Waals surface area contributed by atoms with E-state index in [-0.39, 0.29) is 10.8 Å². The number of furan rings is 1. The Hall–Kier alpha value is -3.62. The minimum Gasteiger partial charge on any atom is -0.480 e. The predicted octanol–water partition coefficient (Wildman–Crippen LogP) is 5.37. The van der Waals surface area contributed by atoms with Crippen molar-refractivity contribution in [1.29, 1.82) is 0 Å². The maximum atomic E-state index is 12.6. The maximum Gasteiger partial charge on any atom is 0.322 e. The normalized spacial score (nSPS) is 12.7. The summed E-state index contributed by atoms with van der Waals surface area (Å²) in [6, 6.07) is 20.7. The molecule has 3 aromatic carbocycles. The second-order valence-corrected chi connectivity index (χ2v) is 10.4. The van der Waals surface area contributed by atoms with Crippen molar-refractivity contribution >= 4 is 27.0 Å². The first-order valence-corrected chi connectivity index (χ1v) is 12.7. The Morgan fingerprint density at radius 1 is 0.971 bits per heavy atom. The average molecular weight is 494 g/mol. The van der Waals surface area contributed by atoms with Crippen LogP contribution in [0.2, 0.25) is 0 Å². The van der Waals surface area contributed by atoms with Gasteiger partial charge in [0.05, 0.1) is 4.90 Å². The lowest BCUT2D eigenvalue weighted by Gasteiger charge is -2.18. The van der Waals surface area contributed by atoms with Crippen LogP contribution in [-0.4, -0.2) is 25.5 Å². The fraction of sp³-hybridized carbons (Fsp3) is 0.222. The third-order valence-electron chi connectivity index (χ3n) is 5.84. The van der Waals surface area contributed by atoms with E-state index in [1.165, 1.54) is 12.1 Å². The maximum absolute atomic E-state index is 12.6. The zero-order valence-corrected chi connectivity index (χ0v) is 20.5. The summed E-state index contributed by atoms with van der Waals surface area (Å²) in [5, 5.41) is 10.3. The van der Waals surface area contributed by atoms with Crippen LogP contribution in [0.5, 0.6) is 5.95 Å². The number of aryl methyl sites for hydroxylation is 1. The van der Waals surface area contributed by atoms with E-state index in [1.54, 1.807) is 26.0 Å². The molecule has 0 amide bonds. The molecule has 1 heterocycles. The van der Waals surface area contributed by atoms with Gasteiger partial charge in [-0.2, -0.15) is 4.72 Å². The van der Waals surface area contributed by atoms with Gasteiger partial charge in [-0.05, 0) is 47.7 Å². The van der Waals surface area contributed by atoms with Crippen molar-refractivity contribution in [2.24, 2.45) is 5.92 Å². The lowest BCUT2D eigenvalue weighted by molar-refractivity contribution is -0.140. The van der Waals surface area contributed by atoms with Crippen LogP contribution in [-0.2, 0) is 21.4 Å². The SMILES string of the molecule is Cc1c(OCc2ccc(-c3ccc(S(=O)(=O)N[C@@H](C(=O)O)C(C)C)cc3)cc2)oc2ccccc12. The van der Waals surface area contributed by atoms with Gasteiger partial charge in [-0.1, -0.05) is 68.4 Å². The zero-order chi connectivity index (χ0) is 25.2. The molecule has 0 radical (unpaired) electrons. The van der Waals surface area contributed by atoms with Gasteiger partial charge in [0.2, 0.25) is 10.0 Å². The summed E-state index contributed by atoms with van der Waals surface area (Å²) in [7, 11) is -3.96. The lowest BCUT2D eigenvalue weighted by Crippen LogP contribution is -2.44. The van der Waals surface area contributed by atoms with E-state index in [2.05, 4.69) is 4.72 Å². The number of fused-ring (bicyclic) bond motifs is 1. The summed E-state index contributed by atoms with van der Waals surface area (Å²) < 4.78 is 39.2. The standard InChI is InChI=1S/C27H27NO6S/c1-17(2)25(26(29)30)28-35(31,32)22-14-12-21(13-15-22)20-10-8-19(9-11-20)16-33-27-18(3)23-6-4-5-7-24(23)34-27/h4-15,17,25,28H,16H2,1-3H3,(H,29,30)/t25-/m1/s1. The van der Waals surface area contributed by atoms with E-state index in [9.17, 15) is 18.3 Å². The van der Waals surface area contributed by atoms with Crippen LogP contribution >= 0.6 is 0 Å². The van der Waals surface area contributed by atoms with Crippen LogP contribution < -0.4 is 9.46 Å². The summed E-state index contributed by atoms with van der Waals surface area (Å²) in [4.78, 5) is 11.4. The highest BCUT2D eigenvalue weighted by molar-refractivity contribution is 7.89. The highest BCUT2D eigenvalue weighted by atomic mass is 32.2. The fourth-order valence-corrected chi connectivity index (χ4v) is 5.10. The van der Waals surface area contributed by atoms with Gasteiger partial charge in [-0.15, -0.1) is 0 Å². The van der Waals surface area contributed by atoms with Gasteiger partial charge < -0.3 is 14.3 Å². The van der Waals surface area contributed by atoms with Crippen molar-refractivity contribution in [3.63, 3.8) is 0 Å². The van der Waals surface area contributed by atoms with Gasteiger partial charge in [-0.25, -0.2) is 8.42 Å². The molecule has 35 heavy (non-hydrogen) atoms. The number of carbonyl (C=O) groups is 1. The summed E-state index contributed by atoms with van der Waals surface area (Å²) in [6.45, 7) is 5.62. The third-order valence-corrected chi connectivity index (χ3v) is 7.29. The number of sulfonamides is 1. The summed E-state index contributed by atoms with van der Waals surface area (Å²) >= 11 is 0. The van der Waals surface area contributed by atoms with Crippen LogP contribution in [0.3, 0.4) is 0 Å². The van der Waals surface area contributed by atoms with Gasteiger partial charge in [0.15, 0.2) is 0 Å². The van der Waals surface area contributed by atoms with Crippen molar-refractivity contribution in [3.8, 4) is 17.1 Å². The van der Waals surface area contributed by atoms with E-state index >= 15 is 0 Å². The molecule has 0 fully saturated rings. The van der Waals surface area contributed by atoms with E-state index in [0.717, 1.165) is 33.2 Å². The van der Waals surface area contributed by atoms with Crippen LogP contribution in [0.15, 0.2) is 82.1 Å². The van der Waals surface area contributed by atoms with E-state index < -0.39 is 22.0 Å². The van der Waals surface area contributed by atoms with Gasteiger partial charge in [0, 0.05) is 10.9 Å². The van der Waals surface area contributed by atoms with Gasteiger partial charge >= 0.3 is 5.97 Å². The first-order valence-electron chi connectivity index (χ1n) is 11.2. The quantitative estimate of drug-likeness (QED) is 0.325. The molecule has 0 unspecified atom stereocenters. The Kier molecular flexibility index (Phi) is 6.95. The number of carboxylic acid groups (broad SMARTS) is 1. The molecule has 0 saturated heterocycles. The number of benzene rings is 3. The molecule has 0 saturated carbocycles. The fourth-order valence-electron chi connectivity index (χ4n) is 3.77. The zero-order valence-electron chi connectivity index (χ0n) is 19.7. The van der Waals surface area contributed by atoms with E-state index in [0.29, 0.717) is 12.6 Å². The minimum absolute atomic E-state index is 0.0133. The van der Waals surface area contributed by atoms with Gasteiger partial charge in [-0.3, -0.25) is 4.79 Å². The molecular weight excluding hydrogens is 466 g/mol. The molecule has 0 aliphatic carbocycles. The number of para-hydroxylation sites is 1. The van der Waals surface area contributed by atoms with Crippen LogP contribution in [0.1, 0.15) is 25.0 Å². The number of nitrogens with one attached hydrogen (secondary N) is 1. The number of carboxylic acids is 1. The summed E-state index contributed by atoms with van der Waals surface area (Å²) in [6.07, 6.45) is 0. The molecule has 8 heteroatoms. The molecule has 182 valence electrons. The van der Waals surface area contributed by atoms with E-state index in [4.69, 9.17) is 9.15 Å². The van der Waals surface area contributed by atoms with Crippen molar-refractivity contribution in [1.82, 2.24) is 4.72 Å². The molecule has 2 N–H and O–H groups in total. The number of ether oxygens (including phenoxy) is 1. The topological polar surface area (TPSA) is 106 Å². The van der Waals surface area contributed by atoms with Crippen molar-refractivity contribution in [2.45, 2.75) is 38.3 Å². The first kappa shape index (κ1) is 24.5. The van der Waals surface area contributed by atoms with Gasteiger partial charge in [0.1, 0.15) is 18.2 Å². The molecule has 0 aliphatic heterocycles. The Balaban J connectivity index is 1.43. The molecule has 4 rings (SSSR count). The average Bonchev–Trinajstić information content (AvgIpc) is 3.17. The highest BCUT2D eigenvalue weighted by Crippen LogP contribution is 2.31. The molecule has 0 bridgehead atoms. The van der Waals surface area contributed by atoms with E-state index in [1.807, 2.05) is 55.5 Å². The summed E-state index contributed by atoms with van der Waals surface area (Å²) in [5.41, 5.74) is 4.47. The van der Waals surface area contributed by atoms with Crippen molar-refractivity contribution < 1.29 is 27.5 Å². The second-order valence-electron chi connectivity index (χ2n) is 8.70. The number of rotatable bonds is 9. The lowest BCUT2D eigenvalue weighted by atomic mass is 10.0. The number of hydrogen-bond acceptors (Lipinski definition) is 5. The molecule has 1 atom stereocenters. The minimum atomic E-state index is -3.96. The third kappa shape index (κ3) is 5.39. The predicted molar refractivity (Wildman–Crippen MR) is 134 cm³/mol. The Morgan fingerprint density at radius 2 is 1.57 bits per heavy atom. The smallest absolute Gasteiger partial charge is 0.322 e. The molecule has 4 aromatic rings. The Morgan fingerprint density at radius 3 is 2.14 bits per heavy atom. The van der Waals surface area contributed by atoms with Crippen LogP contribution in [0, 0.1) is 12.8 Å². The molecule has 1 aromatic heterocycles. The molecule has 0 aliphatic rings. The highest BCUT2D eigenvalue weighted by Gasteiger charge is 2.28. The largest absolute Gasteiger partial charge is 0.480 e. The second kappa shape index (κ2) is 9.93. The Labute approximate surface area is 204 Å².